The van der Waals surface area contributed by atoms with Gasteiger partial charge in [-0.3, -0.25) is 0 Å². The van der Waals surface area contributed by atoms with E-state index >= 15 is 0 Å². The molecule has 1 atom stereocenters. The number of hydrogen-bond acceptors (Lipinski definition) is 5. The molecule has 1 unspecified atom stereocenters. The summed E-state index contributed by atoms with van der Waals surface area (Å²) >= 11 is 0. The SMILES string of the molecule is Cc1cc(S(C)(=O)=O)c(C)c(S(=O)(=O)NCCC2CCCNC2)c1. The average Bonchev–Trinajstić information content (AvgIpc) is 2.49. The number of aryl methyl sites for hydroxylation is 1. The molecule has 0 aromatic heterocycles. The molecule has 0 saturated carbocycles. The van der Waals surface area contributed by atoms with E-state index in [0.717, 1.165) is 38.6 Å². The third-order valence-corrected chi connectivity index (χ3v) is 7.20. The molecule has 1 saturated heterocycles. The lowest BCUT2D eigenvalue weighted by molar-refractivity contribution is 0.358. The zero-order valence-corrected chi connectivity index (χ0v) is 16.1. The third kappa shape index (κ3) is 4.78. The fourth-order valence-electron chi connectivity index (χ4n) is 3.10. The monoisotopic (exact) mass is 374 g/mol. The summed E-state index contributed by atoms with van der Waals surface area (Å²) in [5, 5.41) is 3.31. The van der Waals surface area contributed by atoms with E-state index in [1.54, 1.807) is 6.92 Å². The van der Waals surface area contributed by atoms with E-state index in [4.69, 9.17) is 0 Å². The second kappa shape index (κ2) is 7.51. The molecule has 0 aliphatic carbocycles. The number of rotatable bonds is 6. The van der Waals surface area contributed by atoms with E-state index in [0.29, 0.717) is 18.0 Å². The maximum atomic E-state index is 12.6. The molecule has 1 fully saturated rings. The Morgan fingerprint density at radius 2 is 1.83 bits per heavy atom. The number of hydrogen-bond donors (Lipinski definition) is 2. The summed E-state index contributed by atoms with van der Waals surface area (Å²) in [4.78, 5) is 0.115. The van der Waals surface area contributed by atoms with Gasteiger partial charge in [-0.05, 0) is 75.4 Å². The lowest BCUT2D eigenvalue weighted by Crippen LogP contribution is -2.33. The quantitative estimate of drug-likeness (QED) is 0.785. The van der Waals surface area contributed by atoms with Crippen molar-refractivity contribution in [1.29, 1.82) is 0 Å². The Balaban J connectivity index is 2.18. The van der Waals surface area contributed by atoms with Gasteiger partial charge < -0.3 is 5.32 Å². The van der Waals surface area contributed by atoms with Crippen LogP contribution < -0.4 is 10.0 Å². The van der Waals surface area contributed by atoms with Crippen LogP contribution in [0.15, 0.2) is 21.9 Å². The molecule has 0 radical (unpaired) electrons. The minimum absolute atomic E-state index is 0.0460. The Morgan fingerprint density at radius 3 is 2.42 bits per heavy atom. The molecule has 2 rings (SSSR count). The van der Waals surface area contributed by atoms with Crippen molar-refractivity contribution in [2.24, 2.45) is 5.92 Å². The predicted octanol–water partition coefficient (Wildman–Crippen LogP) is 1.37. The summed E-state index contributed by atoms with van der Waals surface area (Å²) < 4.78 is 51.6. The largest absolute Gasteiger partial charge is 0.316 e. The molecule has 136 valence electrons. The predicted molar refractivity (Wildman–Crippen MR) is 94.4 cm³/mol. The summed E-state index contributed by atoms with van der Waals surface area (Å²) in [6, 6.07) is 3.03. The first-order valence-corrected chi connectivity index (χ1v) is 11.5. The van der Waals surface area contributed by atoms with Crippen LogP contribution in [0.25, 0.3) is 0 Å². The van der Waals surface area contributed by atoms with Crippen LogP contribution in [0.3, 0.4) is 0 Å². The van der Waals surface area contributed by atoms with Gasteiger partial charge in [-0.15, -0.1) is 0 Å². The smallest absolute Gasteiger partial charge is 0.240 e. The summed E-state index contributed by atoms with van der Waals surface area (Å²) in [6.45, 7) is 5.54. The van der Waals surface area contributed by atoms with Gasteiger partial charge in [-0.2, -0.15) is 0 Å². The van der Waals surface area contributed by atoms with Crippen molar-refractivity contribution in [3.8, 4) is 0 Å². The van der Waals surface area contributed by atoms with Gasteiger partial charge in [0.05, 0.1) is 9.79 Å². The van der Waals surface area contributed by atoms with E-state index in [1.807, 2.05) is 0 Å². The number of sulfonamides is 1. The van der Waals surface area contributed by atoms with Crippen molar-refractivity contribution in [1.82, 2.24) is 10.0 Å². The van der Waals surface area contributed by atoms with E-state index < -0.39 is 19.9 Å². The molecule has 0 amide bonds. The van der Waals surface area contributed by atoms with Crippen molar-refractivity contribution in [2.75, 3.05) is 25.9 Å². The van der Waals surface area contributed by atoms with Crippen LogP contribution in [0.5, 0.6) is 0 Å². The Labute approximate surface area is 145 Å². The van der Waals surface area contributed by atoms with Crippen molar-refractivity contribution < 1.29 is 16.8 Å². The van der Waals surface area contributed by atoms with Gasteiger partial charge >= 0.3 is 0 Å². The molecule has 1 aromatic carbocycles. The van der Waals surface area contributed by atoms with Gasteiger partial charge in [0.1, 0.15) is 0 Å². The Morgan fingerprint density at radius 1 is 1.17 bits per heavy atom. The Bertz CT molecular complexity index is 796. The number of piperidine rings is 1. The van der Waals surface area contributed by atoms with Crippen LogP contribution in [0.1, 0.15) is 30.4 Å². The van der Waals surface area contributed by atoms with Crippen LogP contribution in [0.4, 0.5) is 0 Å². The highest BCUT2D eigenvalue weighted by molar-refractivity contribution is 7.91. The highest BCUT2D eigenvalue weighted by Gasteiger charge is 2.23. The number of nitrogens with one attached hydrogen (secondary N) is 2. The molecule has 1 aliphatic rings. The number of sulfone groups is 1. The zero-order valence-electron chi connectivity index (χ0n) is 14.4. The lowest BCUT2D eigenvalue weighted by atomic mass is 9.96. The third-order valence-electron chi connectivity index (χ3n) is 4.39. The summed E-state index contributed by atoms with van der Waals surface area (Å²) in [6.07, 6.45) is 4.09. The molecule has 1 heterocycles. The minimum atomic E-state index is -3.73. The van der Waals surface area contributed by atoms with Crippen molar-refractivity contribution in [2.45, 2.75) is 42.9 Å². The summed E-state index contributed by atoms with van der Waals surface area (Å²) in [5.74, 6) is 0.478. The highest BCUT2D eigenvalue weighted by Crippen LogP contribution is 2.25. The molecule has 1 aliphatic heterocycles. The lowest BCUT2D eigenvalue weighted by Gasteiger charge is -2.22. The second-order valence-corrected chi connectivity index (χ2v) is 10.3. The highest BCUT2D eigenvalue weighted by atomic mass is 32.2. The normalized spacial score (nSPS) is 19.4. The van der Waals surface area contributed by atoms with Crippen LogP contribution in [-0.4, -0.2) is 42.7 Å². The van der Waals surface area contributed by atoms with E-state index in [1.165, 1.54) is 19.1 Å². The molecule has 8 heteroatoms. The molecule has 1 aromatic rings. The maximum absolute atomic E-state index is 12.6. The fraction of sp³-hybridized carbons (Fsp3) is 0.625. The fourth-order valence-corrected chi connectivity index (χ4v) is 5.63. The van der Waals surface area contributed by atoms with Crippen molar-refractivity contribution >= 4 is 19.9 Å². The van der Waals surface area contributed by atoms with E-state index in [9.17, 15) is 16.8 Å². The van der Waals surface area contributed by atoms with Gasteiger partial charge in [0.2, 0.25) is 10.0 Å². The summed E-state index contributed by atoms with van der Waals surface area (Å²) in [7, 11) is -7.21. The molecule has 0 bridgehead atoms. The molecule has 6 nitrogen and oxygen atoms in total. The van der Waals surface area contributed by atoms with E-state index in [-0.39, 0.29) is 15.4 Å². The van der Waals surface area contributed by atoms with Gasteiger partial charge in [-0.1, -0.05) is 0 Å². The van der Waals surface area contributed by atoms with Crippen LogP contribution in [-0.2, 0) is 19.9 Å². The second-order valence-electron chi connectivity index (χ2n) is 6.56. The van der Waals surface area contributed by atoms with Crippen LogP contribution in [0, 0.1) is 19.8 Å². The Hall–Kier alpha value is -0.960. The first kappa shape index (κ1) is 19.4. The van der Waals surface area contributed by atoms with Gasteiger partial charge in [-0.25, -0.2) is 21.6 Å². The van der Waals surface area contributed by atoms with Crippen molar-refractivity contribution in [3.05, 3.63) is 23.3 Å². The van der Waals surface area contributed by atoms with Gasteiger partial charge in [0.25, 0.3) is 0 Å². The molecule has 2 N–H and O–H groups in total. The molecular formula is C16H26N2O4S2. The number of benzene rings is 1. The Kier molecular flexibility index (Phi) is 6.06. The molecule has 24 heavy (non-hydrogen) atoms. The first-order chi connectivity index (χ1) is 11.1. The van der Waals surface area contributed by atoms with Crippen LogP contribution in [0.2, 0.25) is 0 Å². The standard InChI is InChI=1S/C16H26N2O4S2/c1-12-9-15(23(3,19)20)13(2)16(10-12)24(21,22)18-8-6-14-5-4-7-17-11-14/h9-10,14,17-18H,4-8,11H2,1-3H3. The zero-order chi connectivity index (χ0) is 18.0. The molecular weight excluding hydrogens is 348 g/mol. The molecule has 0 spiro atoms. The van der Waals surface area contributed by atoms with Gasteiger partial charge in [0, 0.05) is 12.8 Å². The summed E-state index contributed by atoms with van der Waals surface area (Å²) in [5.41, 5.74) is 0.882. The van der Waals surface area contributed by atoms with Gasteiger partial charge in [0.15, 0.2) is 9.84 Å². The topological polar surface area (TPSA) is 92.3 Å². The maximum Gasteiger partial charge on any atom is 0.240 e. The minimum Gasteiger partial charge on any atom is -0.316 e. The van der Waals surface area contributed by atoms with Crippen LogP contribution >= 0.6 is 0 Å². The van der Waals surface area contributed by atoms with Crippen molar-refractivity contribution in [3.63, 3.8) is 0 Å². The average molecular weight is 375 g/mol. The van der Waals surface area contributed by atoms with E-state index in [2.05, 4.69) is 10.0 Å². The first-order valence-electron chi connectivity index (χ1n) is 8.13.